The smallest absolute Gasteiger partial charge is 0.284 e. The summed E-state index contributed by atoms with van der Waals surface area (Å²) in [5.74, 6) is 0. The maximum absolute atomic E-state index is 13.0. The number of benzene rings is 5. The largest absolute Gasteiger partial charge is 0.336 e. The number of aromatic nitrogens is 4. The van der Waals surface area contributed by atoms with Gasteiger partial charge < -0.3 is 0 Å². The number of hydrogen-bond acceptors (Lipinski definition) is 2. The summed E-state index contributed by atoms with van der Waals surface area (Å²) >= 11 is 0. The minimum Gasteiger partial charge on any atom is -0.284 e. The molecule has 7 aromatic rings. The van der Waals surface area contributed by atoms with Gasteiger partial charge in [-0.1, -0.05) is 94.0 Å². The average Bonchev–Trinajstić information content (AvgIpc) is 3.65. The van der Waals surface area contributed by atoms with Gasteiger partial charge in [0.2, 0.25) is 0 Å². The van der Waals surface area contributed by atoms with Gasteiger partial charge in [-0.3, -0.25) is 13.8 Å². The van der Waals surface area contributed by atoms with E-state index in [9.17, 15) is 4.79 Å². The molecule has 0 saturated heterocycles. The maximum Gasteiger partial charge on any atom is 0.336 e. The van der Waals surface area contributed by atoms with Crippen molar-refractivity contribution in [3.63, 3.8) is 0 Å². The Bertz CT molecular complexity index is 2080. The van der Waals surface area contributed by atoms with E-state index in [1.54, 1.807) is 9.13 Å². The van der Waals surface area contributed by atoms with Crippen molar-refractivity contribution in [1.82, 2.24) is 18.9 Å². The standard InChI is InChI=1S/C21H21N2.C19H13N2O.Ir/c1-20(2)17-12-8-9-13-18(17)23-19(21(20,3)4)16(14-22-23)15-10-6-5-7-11-15;22-19-20(15-9-3-1-4-10-15)17-13-7-8-14-18(17)21(19)16-11-5-2-6-12-16;/h5-12,14H,1-4H3;1-11,13-14H;/q2*-1;. The molecule has 5 nitrogen and oxygen atoms in total. The number of rotatable bonds is 3. The summed E-state index contributed by atoms with van der Waals surface area (Å²) in [4.78, 5) is 13.0. The average molecular weight is 779 g/mol. The zero-order valence-electron chi connectivity index (χ0n) is 26.2. The summed E-state index contributed by atoms with van der Waals surface area (Å²) in [5, 5.41) is 4.72. The summed E-state index contributed by atoms with van der Waals surface area (Å²) < 4.78 is 5.52. The number of para-hydroxylation sites is 5. The fourth-order valence-corrected chi connectivity index (χ4v) is 6.42. The van der Waals surface area contributed by atoms with Crippen LogP contribution in [-0.4, -0.2) is 18.9 Å². The van der Waals surface area contributed by atoms with Crippen LogP contribution in [0.3, 0.4) is 0 Å². The van der Waals surface area contributed by atoms with Gasteiger partial charge in [0.25, 0.3) is 0 Å². The van der Waals surface area contributed by atoms with Gasteiger partial charge in [-0.15, -0.1) is 11.6 Å². The van der Waals surface area contributed by atoms with Gasteiger partial charge in [0.15, 0.2) is 0 Å². The Labute approximate surface area is 283 Å². The van der Waals surface area contributed by atoms with Gasteiger partial charge in [0.1, 0.15) is 0 Å². The van der Waals surface area contributed by atoms with Gasteiger partial charge >= 0.3 is 5.69 Å². The van der Waals surface area contributed by atoms with Gasteiger partial charge in [-0.05, 0) is 40.9 Å². The zero-order valence-corrected chi connectivity index (χ0v) is 28.6. The van der Waals surface area contributed by atoms with Crippen molar-refractivity contribution >= 4 is 11.0 Å². The van der Waals surface area contributed by atoms with Crippen LogP contribution in [0.1, 0.15) is 39.0 Å². The van der Waals surface area contributed by atoms with Crippen LogP contribution < -0.4 is 5.69 Å². The number of fused-ring (bicyclic) bond motifs is 4. The zero-order chi connectivity index (χ0) is 31.2. The minimum absolute atomic E-state index is 0. The van der Waals surface area contributed by atoms with Gasteiger partial charge in [0, 0.05) is 31.1 Å². The first-order valence-electron chi connectivity index (χ1n) is 15.2. The molecule has 2 aromatic heterocycles. The molecule has 46 heavy (non-hydrogen) atoms. The van der Waals surface area contributed by atoms with Crippen molar-refractivity contribution in [2.24, 2.45) is 0 Å². The van der Waals surface area contributed by atoms with Crippen molar-refractivity contribution in [3.8, 4) is 28.2 Å². The second-order valence-electron chi connectivity index (χ2n) is 12.4. The maximum atomic E-state index is 13.0. The van der Waals surface area contributed by atoms with Crippen molar-refractivity contribution in [3.05, 3.63) is 167 Å². The molecule has 0 fully saturated rings. The number of nitrogens with zero attached hydrogens (tertiary/aromatic N) is 4. The monoisotopic (exact) mass is 779 g/mol. The van der Waals surface area contributed by atoms with Gasteiger partial charge in [-0.25, -0.2) is 4.79 Å². The molecule has 8 rings (SSSR count). The molecule has 0 amide bonds. The first-order valence-corrected chi connectivity index (χ1v) is 15.2. The molecular weight excluding hydrogens is 745 g/mol. The minimum atomic E-state index is -0.0881. The van der Waals surface area contributed by atoms with Crippen molar-refractivity contribution < 1.29 is 20.1 Å². The van der Waals surface area contributed by atoms with E-state index in [1.807, 2.05) is 91.1 Å². The Morgan fingerprint density at radius 1 is 0.630 bits per heavy atom. The molecule has 1 aliphatic rings. The van der Waals surface area contributed by atoms with Gasteiger partial charge in [0.05, 0.1) is 28.6 Å². The van der Waals surface area contributed by atoms with E-state index >= 15 is 0 Å². The molecule has 231 valence electrons. The second kappa shape index (κ2) is 12.2. The van der Waals surface area contributed by atoms with E-state index in [2.05, 4.69) is 87.0 Å². The third-order valence-electron chi connectivity index (χ3n) is 9.42. The molecule has 5 aromatic carbocycles. The third-order valence-corrected chi connectivity index (χ3v) is 9.42. The van der Waals surface area contributed by atoms with E-state index < -0.39 is 0 Å². The van der Waals surface area contributed by atoms with Crippen LogP contribution in [0.4, 0.5) is 0 Å². The molecule has 0 N–H and O–H groups in total. The molecule has 0 bridgehead atoms. The molecule has 0 saturated carbocycles. The van der Waals surface area contributed by atoms with E-state index in [1.165, 1.54) is 22.4 Å². The van der Waals surface area contributed by atoms with Crippen molar-refractivity contribution in [2.75, 3.05) is 0 Å². The molecule has 6 heteroatoms. The SMILES string of the molecule is CC1(C)c2ccc[c-]c2-n2ncc(-c3ccccc3)c2C1(C)C.O=c1n(-c2[c-]cccc2)c2ccccc2n1-c1ccccc1.[Ir]. The van der Waals surface area contributed by atoms with E-state index in [4.69, 9.17) is 5.10 Å². The molecule has 3 heterocycles. The second-order valence-corrected chi connectivity index (χ2v) is 12.4. The molecule has 0 aliphatic carbocycles. The van der Waals surface area contributed by atoms with E-state index in [-0.39, 0.29) is 36.6 Å². The van der Waals surface area contributed by atoms with Gasteiger partial charge in [-0.2, -0.15) is 53.6 Å². The van der Waals surface area contributed by atoms with Crippen LogP contribution >= 0.6 is 0 Å². The molecular formula is C40H34IrN4O-2. The first-order chi connectivity index (χ1) is 21.8. The van der Waals surface area contributed by atoms with Crippen LogP contribution in [0.5, 0.6) is 0 Å². The van der Waals surface area contributed by atoms with Crippen molar-refractivity contribution in [2.45, 2.75) is 38.5 Å². The Hall–Kier alpha value is -4.77. The Kier molecular flexibility index (Phi) is 8.28. The Morgan fingerprint density at radius 3 is 1.91 bits per heavy atom. The summed E-state index contributed by atoms with van der Waals surface area (Å²) in [6.07, 6.45) is 2.00. The Balaban J connectivity index is 0.000000158. The normalized spacial score (nSPS) is 13.9. The fourth-order valence-electron chi connectivity index (χ4n) is 6.42. The van der Waals surface area contributed by atoms with Crippen molar-refractivity contribution in [1.29, 1.82) is 0 Å². The number of hydrogen-bond donors (Lipinski definition) is 0. The van der Waals surface area contributed by atoms with Crippen LogP contribution in [0.25, 0.3) is 39.2 Å². The predicted molar refractivity (Wildman–Crippen MR) is 182 cm³/mol. The van der Waals surface area contributed by atoms with E-state index in [0.29, 0.717) is 0 Å². The van der Waals surface area contributed by atoms with Crippen LogP contribution in [0.2, 0.25) is 0 Å². The topological polar surface area (TPSA) is 44.8 Å². The summed E-state index contributed by atoms with van der Waals surface area (Å²) in [6, 6.07) is 48.3. The fraction of sp³-hybridized carbons (Fsp3) is 0.150. The summed E-state index contributed by atoms with van der Waals surface area (Å²) in [5.41, 5.74) is 9.32. The third kappa shape index (κ3) is 4.99. The molecule has 0 spiro atoms. The molecule has 1 aliphatic heterocycles. The molecule has 0 atom stereocenters. The van der Waals surface area contributed by atoms with E-state index in [0.717, 1.165) is 28.1 Å². The quantitative estimate of drug-likeness (QED) is 0.169. The van der Waals surface area contributed by atoms with Crippen LogP contribution in [0.15, 0.2) is 138 Å². The predicted octanol–water partition coefficient (Wildman–Crippen LogP) is 8.49. The Morgan fingerprint density at radius 2 is 1.24 bits per heavy atom. The summed E-state index contributed by atoms with van der Waals surface area (Å²) in [6.45, 7) is 9.29. The molecule has 1 radical (unpaired) electrons. The molecule has 0 unspecified atom stereocenters. The van der Waals surface area contributed by atoms with Crippen LogP contribution in [0, 0.1) is 12.1 Å². The summed E-state index contributed by atoms with van der Waals surface area (Å²) in [7, 11) is 0. The first kappa shape index (κ1) is 31.2. The number of imidazole rings is 1. The van der Waals surface area contributed by atoms with Crippen LogP contribution in [-0.2, 0) is 30.9 Å².